The van der Waals surface area contributed by atoms with E-state index in [1.54, 1.807) is 12.1 Å². The molecule has 0 saturated carbocycles. The number of rotatable bonds is 9. The number of nitro benzene ring substituents is 1. The average Bonchev–Trinajstić information content (AvgIpc) is 2.40. The fourth-order valence-electron chi connectivity index (χ4n) is 2.31. The van der Waals surface area contributed by atoms with Gasteiger partial charge in [-0.05, 0) is 31.9 Å². The lowest BCUT2D eigenvalue weighted by atomic mass is 10.1. The normalized spacial score (nSPS) is 12.2. The quantitative estimate of drug-likeness (QED) is 0.390. The van der Waals surface area contributed by atoms with E-state index in [0.29, 0.717) is 5.69 Å². The topological polar surface area (TPSA) is 55.2 Å². The summed E-state index contributed by atoms with van der Waals surface area (Å²) in [5.74, 6) is 0. The Bertz CT molecular complexity index is 432. The largest absolute Gasteiger partial charge is 0.377 e. The van der Waals surface area contributed by atoms with Gasteiger partial charge in [-0.25, -0.2) is 0 Å². The molecule has 0 aromatic heterocycles. The summed E-state index contributed by atoms with van der Waals surface area (Å²) in [6.07, 6.45) is 7.31. The zero-order valence-electron chi connectivity index (χ0n) is 12.8. The molecule has 0 saturated heterocycles. The van der Waals surface area contributed by atoms with E-state index >= 15 is 0 Å². The minimum Gasteiger partial charge on any atom is -0.377 e. The standard InChI is InChI=1S/C16H26N2O2/c1-4-5-6-7-8-9-14(3)17-15-11-10-13(2)12-16(15)18(19)20/h10-12,14,17H,4-9H2,1-3H3. The molecule has 4 heteroatoms. The van der Waals surface area contributed by atoms with Crippen LogP contribution in [0, 0.1) is 17.0 Å². The average molecular weight is 278 g/mol. The van der Waals surface area contributed by atoms with Crippen LogP contribution in [0.4, 0.5) is 11.4 Å². The number of anilines is 1. The monoisotopic (exact) mass is 278 g/mol. The van der Waals surface area contributed by atoms with Gasteiger partial charge in [0.1, 0.15) is 5.69 Å². The Morgan fingerprint density at radius 1 is 1.25 bits per heavy atom. The number of nitrogens with zero attached hydrogens (tertiary/aromatic N) is 1. The van der Waals surface area contributed by atoms with Crippen molar-refractivity contribution in [3.05, 3.63) is 33.9 Å². The first-order valence-electron chi connectivity index (χ1n) is 7.56. The molecule has 4 nitrogen and oxygen atoms in total. The highest BCUT2D eigenvalue weighted by Crippen LogP contribution is 2.26. The summed E-state index contributed by atoms with van der Waals surface area (Å²) in [6, 6.07) is 5.60. The fourth-order valence-corrected chi connectivity index (χ4v) is 2.31. The molecule has 0 aliphatic heterocycles. The van der Waals surface area contributed by atoms with E-state index in [1.807, 2.05) is 13.0 Å². The SMILES string of the molecule is CCCCCCCC(C)Nc1ccc(C)cc1[N+](=O)[O-]. The van der Waals surface area contributed by atoms with Crippen molar-refractivity contribution < 1.29 is 4.92 Å². The second kappa shape index (κ2) is 8.56. The molecule has 112 valence electrons. The summed E-state index contributed by atoms with van der Waals surface area (Å²) in [5.41, 5.74) is 1.71. The van der Waals surface area contributed by atoms with E-state index in [2.05, 4.69) is 19.2 Å². The van der Waals surface area contributed by atoms with Crippen LogP contribution in [0.5, 0.6) is 0 Å². The summed E-state index contributed by atoms with van der Waals surface area (Å²) in [5, 5.41) is 14.3. The molecule has 20 heavy (non-hydrogen) atoms. The van der Waals surface area contributed by atoms with Crippen molar-refractivity contribution in [2.45, 2.75) is 65.3 Å². The first-order valence-corrected chi connectivity index (χ1v) is 7.56. The van der Waals surface area contributed by atoms with Crippen LogP contribution in [0.25, 0.3) is 0 Å². The molecule has 0 amide bonds. The van der Waals surface area contributed by atoms with Gasteiger partial charge in [0, 0.05) is 12.1 Å². The highest BCUT2D eigenvalue weighted by molar-refractivity contribution is 5.62. The summed E-state index contributed by atoms with van der Waals surface area (Å²) < 4.78 is 0. The van der Waals surface area contributed by atoms with Crippen LogP contribution in [0.2, 0.25) is 0 Å². The molecule has 1 aromatic rings. The molecule has 1 unspecified atom stereocenters. The molecule has 0 fully saturated rings. The van der Waals surface area contributed by atoms with Crippen molar-refractivity contribution in [1.82, 2.24) is 0 Å². The molecule has 1 N–H and O–H groups in total. The van der Waals surface area contributed by atoms with E-state index in [-0.39, 0.29) is 16.7 Å². The van der Waals surface area contributed by atoms with Crippen molar-refractivity contribution >= 4 is 11.4 Å². The van der Waals surface area contributed by atoms with E-state index < -0.39 is 0 Å². The highest BCUT2D eigenvalue weighted by Gasteiger charge is 2.15. The van der Waals surface area contributed by atoms with E-state index in [4.69, 9.17) is 0 Å². The van der Waals surface area contributed by atoms with Gasteiger partial charge in [-0.3, -0.25) is 10.1 Å². The molecule has 0 radical (unpaired) electrons. The second-order valence-electron chi connectivity index (χ2n) is 5.53. The van der Waals surface area contributed by atoms with Gasteiger partial charge in [-0.1, -0.05) is 45.1 Å². The van der Waals surface area contributed by atoms with Crippen LogP contribution in [-0.2, 0) is 0 Å². The lowest BCUT2D eigenvalue weighted by molar-refractivity contribution is -0.384. The Hall–Kier alpha value is -1.58. The maximum absolute atomic E-state index is 11.1. The van der Waals surface area contributed by atoms with Crippen molar-refractivity contribution in [2.24, 2.45) is 0 Å². The summed E-state index contributed by atoms with van der Waals surface area (Å²) in [7, 11) is 0. The third-order valence-electron chi connectivity index (χ3n) is 3.49. The van der Waals surface area contributed by atoms with Gasteiger partial charge in [-0.15, -0.1) is 0 Å². The molecule has 0 spiro atoms. The molecule has 0 bridgehead atoms. The van der Waals surface area contributed by atoms with Crippen LogP contribution in [0.1, 0.15) is 57.9 Å². The number of benzene rings is 1. The third kappa shape index (κ3) is 5.59. The molecular formula is C16H26N2O2. The summed E-state index contributed by atoms with van der Waals surface area (Å²) >= 11 is 0. The summed E-state index contributed by atoms with van der Waals surface area (Å²) in [4.78, 5) is 10.7. The van der Waals surface area contributed by atoms with E-state index in [1.165, 1.54) is 32.1 Å². The molecular weight excluding hydrogens is 252 g/mol. The smallest absolute Gasteiger partial charge is 0.292 e. The van der Waals surface area contributed by atoms with Gasteiger partial charge in [0.05, 0.1) is 4.92 Å². The lowest BCUT2D eigenvalue weighted by Gasteiger charge is -2.15. The van der Waals surface area contributed by atoms with E-state index in [9.17, 15) is 10.1 Å². The number of unbranched alkanes of at least 4 members (excludes halogenated alkanes) is 4. The van der Waals surface area contributed by atoms with Gasteiger partial charge >= 0.3 is 0 Å². The van der Waals surface area contributed by atoms with E-state index in [0.717, 1.165) is 12.0 Å². The van der Waals surface area contributed by atoms with Crippen LogP contribution >= 0.6 is 0 Å². The van der Waals surface area contributed by atoms with Gasteiger partial charge in [-0.2, -0.15) is 0 Å². The number of aryl methyl sites for hydroxylation is 1. The number of hydrogen-bond donors (Lipinski definition) is 1. The summed E-state index contributed by atoms with van der Waals surface area (Å²) in [6.45, 7) is 6.16. The predicted octanol–water partition coefficient (Wildman–Crippen LogP) is 5.06. The van der Waals surface area contributed by atoms with Crippen LogP contribution in [0.15, 0.2) is 18.2 Å². The Morgan fingerprint density at radius 3 is 2.60 bits per heavy atom. The maximum Gasteiger partial charge on any atom is 0.292 e. The lowest BCUT2D eigenvalue weighted by Crippen LogP contribution is -2.16. The molecule has 1 aromatic carbocycles. The third-order valence-corrected chi connectivity index (χ3v) is 3.49. The fraction of sp³-hybridized carbons (Fsp3) is 0.625. The Kier molecular flexibility index (Phi) is 7.05. The minimum atomic E-state index is -0.316. The molecule has 0 aliphatic carbocycles. The van der Waals surface area contributed by atoms with Crippen molar-refractivity contribution in [1.29, 1.82) is 0 Å². The van der Waals surface area contributed by atoms with Crippen LogP contribution in [-0.4, -0.2) is 11.0 Å². The first kappa shape index (κ1) is 16.5. The molecule has 0 aliphatic rings. The second-order valence-corrected chi connectivity index (χ2v) is 5.53. The minimum absolute atomic E-state index is 0.169. The Labute approximate surface area is 121 Å². The van der Waals surface area contributed by atoms with Gasteiger partial charge < -0.3 is 5.32 Å². The van der Waals surface area contributed by atoms with Crippen molar-refractivity contribution in [3.63, 3.8) is 0 Å². The number of nitrogens with one attached hydrogen (secondary N) is 1. The molecule has 1 atom stereocenters. The maximum atomic E-state index is 11.1. The van der Waals surface area contributed by atoms with Crippen LogP contribution < -0.4 is 5.32 Å². The van der Waals surface area contributed by atoms with Gasteiger partial charge in [0.2, 0.25) is 0 Å². The number of nitro groups is 1. The zero-order valence-corrected chi connectivity index (χ0v) is 12.8. The van der Waals surface area contributed by atoms with Crippen molar-refractivity contribution in [2.75, 3.05) is 5.32 Å². The zero-order chi connectivity index (χ0) is 15.0. The number of hydrogen-bond acceptors (Lipinski definition) is 3. The Balaban J connectivity index is 2.49. The molecule has 0 heterocycles. The highest BCUT2D eigenvalue weighted by atomic mass is 16.6. The predicted molar refractivity (Wildman–Crippen MR) is 84.3 cm³/mol. The van der Waals surface area contributed by atoms with Crippen LogP contribution in [0.3, 0.4) is 0 Å². The molecule has 1 rings (SSSR count). The Morgan fingerprint density at radius 2 is 1.95 bits per heavy atom. The van der Waals surface area contributed by atoms with Crippen molar-refractivity contribution in [3.8, 4) is 0 Å². The van der Waals surface area contributed by atoms with Gasteiger partial charge in [0.15, 0.2) is 0 Å². The first-order chi connectivity index (χ1) is 9.54. The van der Waals surface area contributed by atoms with Gasteiger partial charge in [0.25, 0.3) is 5.69 Å².